The van der Waals surface area contributed by atoms with Gasteiger partial charge in [0.2, 0.25) is 0 Å². The molecular formula is C6H9N2O5PS. The van der Waals surface area contributed by atoms with Crippen LogP contribution in [0, 0.1) is 0 Å². The Morgan fingerprint density at radius 1 is 1.73 bits per heavy atom. The standard InChI is InChI=1S/C6H9N2O5PS/c1-4(8-9)6-7-2-5(15-6)3-13-14(10,11)12/h2,9H,3H2,1H3,(H2,10,11,12)/b8-4+. The number of rotatable bonds is 4. The van der Waals surface area contributed by atoms with E-state index in [2.05, 4.69) is 14.7 Å². The molecule has 9 heteroatoms. The van der Waals surface area contributed by atoms with Gasteiger partial charge >= 0.3 is 7.82 Å². The van der Waals surface area contributed by atoms with Crippen molar-refractivity contribution in [2.45, 2.75) is 13.5 Å². The van der Waals surface area contributed by atoms with Crippen LogP contribution in [0.2, 0.25) is 0 Å². The number of nitrogens with zero attached hydrogens (tertiary/aromatic N) is 2. The lowest BCUT2D eigenvalue weighted by atomic mass is 10.5. The summed E-state index contributed by atoms with van der Waals surface area (Å²) in [4.78, 5) is 21.3. The van der Waals surface area contributed by atoms with Crippen molar-refractivity contribution in [3.8, 4) is 0 Å². The summed E-state index contributed by atoms with van der Waals surface area (Å²) < 4.78 is 14.7. The fourth-order valence-electron chi connectivity index (χ4n) is 0.732. The predicted octanol–water partition coefficient (Wildman–Crippen LogP) is 0.951. The summed E-state index contributed by atoms with van der Waals surface area (Å²) in [7, 11) is -4.45. The zero-order valence-electron chi connectivity index (χ0n) is 7.69. The normalized spacial score (nSPS) is 13.1. The fourth-order valence-corrected chi connectivity index (χ4v) is 1.89. The van der Waals surface area contributed by atoms with E-state index in [9.17, 15) is 4.57 Å². The van der Waals surface area contributed by atoms with E-state index in [1.165, 1.54) is 6.20 Å². The summed E-state index contributed by atoms with van der Waals surface area (Å²) in [5.41, 5.74) is 0.336. The van der Waals surface area contributed by atoms with Crippen molar-refractivity contribution in [1.82, 2.24) is 4.98 Å². The van der Waals surface area contributed by atoms with Gasteiger partial charge in [0.1, 0.15) is 10.7 Å². The maximum Gasteiger partial charge on any atom is 0.469 e. The van der Waals surface area contributed by atoms with E-state index in [1.54, 1.807) is 6.92 Å². The molecule has 0 aliphatic rings. The Bertz CT molecular complexity index is 411. The molecule has 1 rings (SSSR count). The first kappa shape index (κ1) is 12.3. The SMILES string of the molecule is C/C(=N\O)c1ncc(COP(=O)(O)O)s1. The first-order chi connectivity index (χ1) is 6.92. The van der Waals surface area contributed by atoms with Gasteiger partial charge in [-0.25, -0.2) is 9.55 Å². The van der Waals surface area contributed by atoms with Crippen molar-refractivity contribution >= 4 is 24.9 Å². The Kier molecular flexibility index (Phi) is 3.95. The van der Waals surface area contributed by atoms with E-state index in [4.69, 9.17) is 15.0 Å². The van der Waals surface area contributed by atoms with Crippen LogP contribution in [0.25, 0.3) is 0 Å². The molecule has 7 nitrogen and oxygen atoms in total. The molecule has 0 aliphatic carbocycles. The number of aromatic nitrogens is 1. The first-order valence-corrected chi connectivity index (χ1v) is 6.11. The van der Waals surface area contributed by atoms with Gasteiger partial charge in [-0.05, 0) is 6.92 Å². The molecule has 0 aliphatic heterocycles. The quantitative estimate of drug-likeness (QED) is 0.318. The van der Waals surface area contributed by atoms with Gasteiger partial charge in [-0.1, -0.05) is 5.16 Å². The van der Waals surface area contributed by atoms with Gasteiger partial charge in [0, 0.05) is 6.20 Å². The lowest BCUT2D eigenvalue weighted by Crippen LogP contribution is -1.91. The van der Waals surface area contributed by atoms with Gasteiger partial charge < -0.3 is 15.0 Å². The Morgan fingerprint density at radius 3 is 2.93 bits per heavy atom. The molecule has 15 heavy (non-hydrogen) atoms. The summed E-state index contributed by atoms with van der Waals surface area (Å²) in [5, 5.41) is 11.9. The zero-order chi connectivity index (χ0) is 11.5. The predicted molar refractivity (Wildman–Crippen MR) is 52.9 cm³/mol. The number of thiazole rings is 1. The van der Waals surface area contributed by atoms with Crippen LogP contribution in [0.3, 0.4) is 0 Å². The molecule has 0 radical (unpaired) electrons. The highest BCUT2D eigenvalue weighted by molar-refractivity contribution is 7.46. The molecule has 0 bridgehead atoms. The number of hydrogen-bond donors (Lipinski definition) is 3. The van der Waals surface area contributed by atoms with Crippen molar-refractivity contribution in [3.63, 3.8) is 0 Å². The van der Waals surface area contributed by atoms with Crippen molar-refractivity contribution in [3.05, 3.63) is 16.1 Å². The van der Waals surface area contributed by atoms with E-state index in [-0.39, 0.29) is 6.61 Å². The molecule has 0 saturated carbocycles. The molecule has 0 unspecified atom stereocenters. The highest BCUT2D eigenvalue weighted by atomic mass is 32.1. The van der Waals surface area contributed by atoms with Crippen LogP contribution in [0.1, 0.15) is 16.8 Å². The Balaban J connectivity index is 2.65. The van der Waals surface area contributed by atoms with Crippen LogP contribution < -0.4 is 0 Å². The summed E-state index contributed by atoms with van der Waals surface area (Å²) >= 11 is 1.14. The average Bonchev–Trinajstić information content (AvgIpc) is 2.61. The third-order valence-electron chi connectivity index (χ3n) is 1.39. The molecule has 1 aromatic heterocycles. The molecule has 0 saturated heterocycles. The smallest absolute Gasteiger partial charge is 0.411 e. The molecule has 0 amide bonds. The van der Waals surface area contributed by atoms with Gasteiger partial charge in [-0.15, -0.1) is 11.3 Å². The second-order valence-electron chi connectivity index (χ2n) is 2.58. The number of hydrogen-bond acceptors (Lipinski definition) is 6. The van der Waals surface area contributed by atoms with Crippen LogP contribution in [-0.4, -0.2) is 25.7 Å². The van der Waals surface area contributed by atoms with Crippen molar-refractivity contribution in [2.24, 2.45) is 5.16 Å². The number of phosphoric ester groups is 1. The average molecular weight is 252 g/mol. The molecule has 0 atom stereocenters. The van der Waals surface area contributed by atoms with Crippen LogP contribution >= 0.6 is 19.2 Å². The second-order valence-corrected chi connectivity index (χ2v) is 4.94. The highest BCUT2D eigenvalue weighted by Gasteiger charge is 2.15. The third-order valence-corrected chi connectivity index (χ3v) is 2.93. The van der Waals surface area contributed by atoms with Crippen LogP contribution in [0.15, 0.2) is 11.4 Å². The molecule has 0 fully saturated rings. The van der Waals surface area contributed by atoms with Crippen LogP contribution in [0.5, 0.6) is 0 Å². The summed E-state index contributed by atoms with van der Waals surface area (Å²) in [6, 6.07) is 0. The summed E-state index contributed by atoms with van der Waals surface area (Å²) in [5.74, 6) is 0. The molecule has 84 valence electrons. The van der Waals surface area contributed by atoms with Crippen LogP contribution in [-0.2, 0) is 15.7 Å². The Hall–Kier alpha value is -0.790. The highest BCUT2D eigenvalue weighted by Crippen LogP contribution is 2.37. The summed E-state index contributed by atoms with van der Waals surface area (Å²) in [6.07, 6.45) is 1.41. The van der Waals surface area contributed by atoms with E-state index in [0.717, 1.165) is 11.3 Å². The molecule has 1 heterocycles. The lowest BCUT2D eigenvalue weighted by molar-refractivity contribution is 0.190. The van der Waals surface area contributed by atoms with E-state index >= 15 is 0 Å². The molecule has 0 aromatic carbocycles. The fraction of sp³-hybridized carbons (Fsp3) is 0.333. The number of oxime groups is 1. The molecular weight excluding hydrogens is 243 g/mol. The minimum absolute atomic E-state index is 0.222. The third kappa shape index (κ3) is 4.06. The van der Waals surface area contributed by atoms with Crippen molar-refractivity contribution in [2.75, 3.05) is 0 Å². The Morgan fingerprint density at radius 2 is 2.40 bits per heavy atom. The monoisotopic (exact) mass is 252 g/mol. The van der Waals surface area contributed by atoms with Gasteiger partial charge in [0.15, 0.2) is 0 Å². The van der Waals surface area contributed by atoms with E-state index < -0.39 is 7.82 Å². The van der Waals surface area contributed by atoms with Crippen molar-refractivity contribution < 1.29 is 24.1 Å². The van der Waals surface area contributed by atoms with Crippen LogP contribution in [0.4, 0.5) is 0 Å². The zero-order valence-corrected chi connectivity index (χ0v) is 9.40. The maximum absolute atomic E-state index is 10.4. The Labute approximate surface area is 89.3 Å². The van der Waals surface area contributed by atoms with E-state index in [1.807, 2.05) is 0 Å². The largest absolute Gasteiger partial charge is 0.469 e. The second kappa shape index (κ2) is 4.82. The topological polar surface area (TPSA) is 112 Å². The molecule has 0 spiro atoms. The van der Waals surface area contributed by atoms with Crippen molar-refractivity contribution in [1.29, 1.82) is 0 Å². The van der Waals surface area contributed by atoms with Gasteiger partial charge in [-0.2, -0.15) is 0 Å². The van der Waals surface area contributed by atoms with Gasteiger partial charge in [-0.3, -0.25) is 4.52 Å². The maximum atomic E-state index is 10.4. The van der Waals surface area contributed by atoms with E-state index in [0.29, 0.717) is 15.6 Å². The lowest BCUT2D eigenvalue weighted by Gasteiger charge is -2.01. The minimum Gasteiger partial charge on any atom is -0.411 e. The van der Waals surface area contributed by atoms with Gasteiger partial charge in [0.25, 0.3) is 0 Å². The molecule has 3 N–H and O–H groups in total. The first-order valence-electron chi connectivity index (χ1n) is 3.76. The number of phosphoric acid groups is 1. The molecule has 1 aromatic rings. The summed E-state index contributed by atoms with van der Waals surface area (Å²) in [6.45, 7) is 1.34. The minimum atomic E-state index is -4.45. The van der Waals surface area contributed by atoms with Gasteiger partial charge in [0.05, 0.1) is 11.5 Å².